The molecule has 118 valence electrons. The third-order valence-corrected chi connectivity index (χ3v) is 4.74. The topological polar surface area (TPSA) is 24.9 Å². The molecule has 0 aromatic carbocycles. The highest BCUT2D eigenvalue weighted by atomic mass is 19.4. The maximum absolute atomic E-state index is 13.2. The lowest BCUT2D eigenvalue weighted by atomic mass is 9.75. The van der Waals surface area contributed by atoms with Crippen LogP contribution in [0.5, 0.6) is 0 Å². The molecule has 1 aromatic heterocycles. The summed E-state index contributed by atoms with van der Waals surface area (Å²) < 4.78 is 39.5. The zero-order valence-corrected chi connectivity index (χ0v) is 12.6. The first-order chi connectivity index (χ1) is 9.97. The van der Waals surface area contributed by atoms with E-state index in [4.69, 9.17) is 0 Å². The first kappa shape index (κ1) is 16.3. The first-order valence-electron chi connectivity index (χ1n) is 7.65. The van der Waals surface area contributed by atoms with E-state index in [1.807, 2.05) is 0 Å². The lowest BCUT2D eigenvalue weighted by Crippen LogP contribution is -2.30. The predicted molar refractivity (Wildman–Crippen MR) is 76.8 cm³/mol. The Labute approximate surface area is 124 Å². The summed E-state index contributed by atoms with van der Waals surface area (Å²) >= 11 is 0. The van der Waals surface area contributed by atoms with E-state index in [9.17, 15) is 13.2 Å². The van der Waals surface area contributed by atoms with E-state index in [-0.39, 0.29) is 17.5 Å². The summed E-state index contributed by atoms with van der Waals surface area (Å²) in [7, 11) is 1.74. The van der Waals surface area contributed by atoms with Crippen molar-refractivity contribution >= 4 is 0 Å². The average molecular weight is 300 g/mol. The lowest BCUT2D eigenvalue weighted by Gasteiger charge is -2.34. The van der Waals surface area contributed by atoms with Gasteiger partial charge in [-0.3, -0.25) is 4.98 Å². The highest BCUT2D eigenvalue weighted by Crippen LogP contribution is 2.41. The molecule has 1 saturated carbocycles. The maximum atomic E-state index is 13.2. The highest BCUT2D eigenvalue weighted by molar-refractivity contribution is 5.30. The van der Waals surface area contributed by atoms with Crippen molar-refractivity contribution in [3.05, 3.63) is 29.6 Å². The second kappa shape index (κ2) is 6.77. The van der Waals surface area contributed by atoms with Crippen LogP contribution in [0.15, 0.2) is 18.5 Å². The van der Waals surface area contributed by atoms with Crippen LogP contribution in [0.25, 0.3) is 0 Å². The Balaban J connectivity index is 2.23. The van der Waals surface area contributed by atoms with E-state index in [2.05, 4.69) is 17.2 Å². The summed E-state index contributed by atoms with van der Waals surface area (Å²) in [4.78, 5) is 3.91. The molecule has 1 aliphatic carbocycles. The minimum absolute atomic E-state index is 0.253. The largest absolute Gasteiger partial charge is 0.416 e. The zero-order chi connectivity index (χ0) is 15.5. The molecule has 0 bridgehead atoms. The number of hydrogen-bond donors (Lipinski definition) is 1. The third kappa shape index (κ3) is 3.76. The maximum Gasteiger partial charge on any atom is 0.416 e. The monoisotopic (exact) mass is 300 g/mol. The quantitative estimate of drug-likeness (QED) is 0.880. The Bertz CT molecular complexity index is 451. The SMILES string of the molecule is CCC1CCC(C(NC)c2cnccc2C(F)(F)F)CC1. The minimum atomic E-state index is -4.33. The van der Waals surface area contributed by atoms with Gasteiger partial charge in [-0.25, -0.2) is 0 Å². The number of alkyl halides is 3. The van der Waals surface area contributed by atoms with Crippen LogP contribution >= 0.6 is 0 Å². The third-order valence-electron chi connectivity index (χ3n) is 4.74. The van der Waals surface area contributed by atoms with Gasteiger partial charge in [-0.1, -0.05) is 26.2 Å². The number of halogens is 3. The van der Waals surface area contributed by atoms with Gasteiger partial charge in [-0.05, 0) is 43.4 Å². The molecule has 1 atom stereocenters. The number of aromatic nitrogens is 1. The Morgan fingerprint density at radius 2 is 1.95 bits per heavy atom. The standard InChI is InChI=1S/C16H23F3N2/c1-3-11-4-6-12(7-5-11)15(20-2)13-10-21-9-8-14(13)16(17,18)19/h8-12,15,20H,3-7H2,1-2H3. The second-order valence-corrected chi connectivity index (χ2v) is 5.92. The van der Waals surface area contributed by atoms with Gasteiger partial charge in [-0.2, -0.15) is 13.2 Å². The van der Waals surface area contributed by atoms with E-state index >= 15 is 0 Å². The van der Waals surface area contributed by atoms with Crippen molar-refractivity contribution in [1.29, 1.82) is 0 Å². The Kier molecular flexibility index (Phi) is 5.25. The van der Waals surface area contributed by atoms with Crippen LogP contribution in [0.3, 0.4) is 0 Å². The van der Waals surface area contributed by atoms with E-state index in [0.29, 0.717) is 0 Å². The van der Waals surface area contributed by atoms with Crippen molar-refractivity contribution in [2.75, 3.05) is 7.05 Å². The van der Waals surface area contributed by atoms with Crippen LogP contribution in [0.4, 0.5) is 13.2 Å². The molecule has 1 unspecified atom stereocenters. The number of pyridine rings is 1. The van der Waals surface area contributed by atoms with E-state index in [1.54, 1.807) is 7.05 Å². The molecule has 1 aromatic rings. The van der Waals surface area contributed by atoms with Gasteiger partial charge in [0, 0.05) is 18.4 Å². The number of nitrogens with zero attached hydrogens (tertiary/aromatic N) is 1. The first-order valence-corrected chi connectivity index (χ1v) is 7.65. The molecular weight excluding hydrogens is 277 g/mol. The van der Waals surface area contributed by atoms with Crippen molar-refractivity contribution in [1.82, 2.24) is 10.3 Å². The van der Waals surface area contributed by atoms with Crippen molar-refractivity contribution in [3.63, 3.8) is 0 Å². The summed E-state index contributed by atoms with van der Waals surface area (Å²) in [5.41, 5.74) is -0.276. The van der Waals surface area contributed by atoms with Crippen LogP contribution < -0.4 is 5.32 Å². The van der Waals surface area contributed by atoms with Crippen LogP contribution in [0, 0.1) is 11.8 Å². The molecule has 0 radical (unpaired) electrons. The van der Waals surface area contributed by atoms with Crippen molar-refractivity contribution < 1.29 is 13.2 Å². The van der Waals surface area contributed by atoms with Crippen molar-refractivity contribution in [2.45, 2.75) is 51.2 Å². The number of hydrogen-bond acceptors (Lipinski definition) is 2. The lowest BCUT2D eigenvalue weighted by molar-refractivity contribution is -0.138. The molecule has 0 saturated heterocycles. The van der Waals surface area contributed by atoms with Gasteiger partial charge in [0.2, 0.25) is 0 Å². The fraction of sp³-hybridized carbons (Fsp3) is 0.688. The van der Waals surface area contributed by atoms with E-state index in [1.165, 1.54) is 12.4 Å². The summed E-state index contributed by atoms with van der Waals surface area (Å²) in [5.74, 6) is 0.984. The molecule has 1 N–H and O–H groups in total. The fourth-order valence-corrected chi connectivity index (χ4v) is 3.49. The van der Waals surface area contributed by atoms with Crippen LogP contribution in [-0.2, 0) is 6.18 Å². The average Bonchev–Trinajstić information content (AvgIpc) is 2.48. The molecule has 1 fully saturated rings. The normalized spacial score (nSPS) is 24.8. The van der Waals surface area contributed by atoms with Gasteiger partial charge in [-0.15, -0.1) is 0 Å². The number of rotatable bonds is 4. The van der Waals surface area contributed by atoms with Crippen molar-refractivity contribution in [3.8, 4) is 0 Å². The Morgan fingerprint density at radius 3 is 2.48 bits per heavy atom. The number of nitrogens with one attached hydrogen (secondary N) is 1. The highest BCUT2D eigenvalue weighted by Gasteiger charge is 2.37. The van der Waals surface area contributed by atoms with E-state index in [0.717, 1.165) is 44.1 Å². The smallest absolute Gasteiger partial charge is 0.313 e. The van der Waals surface area contributed by atoms with Gasteiger partial charge in [0.15, 0.2) is 0 Å². The van der Waals surface area contributed by atoms with E-state index < -0.39 is 11.7 Å². The second-order valence-electron chi connectivity index (χ2n) is 5.92. The summed E-state index contributed by atoms with van der Waals surface area (Å²) in [6, 6.07) is 0.810. The zero-order valence-electron chi connectivity index (χ0n) is 12.6. The van der Waals surface area contributed by atoms with Crippen molar-refractivity contribution in [2.24, 2.45) is 11.8 Å². The van der Waals surface area contributed by atoms with Crippen LogP contribution in [-0.4, -0.2) is 12.0 Å². The molecule has 0 amide bonds. The molecule has 1 aliphatic rings. The van der Waals surface area contributed by atoms with Crippen LogP contribution in [0.2, 0.25) is 0 Å². The van der Waals surface area contributed by atoms with Gasteiger partial charge < -0.3 is 5.32 Å². The Morgan fingerprint density at radius 1 is 1.29 bits per heavy atom. The molecule has 21 heavy (non-hydrogen) atoms. The van der Waals surface area contributed by atoms with Gasteiger partial charge in [0.05, 0.1) is 5.56 Å². The van der Waals surface area contributed by atoms with Gasteiger partial charge in [0.25, 0.3) is 0 Å². The Hall–Kier alpha value is -1.10. The summed E-state index contributed by atoms with van der Waals surface area (Å²) in [5, 5.41) is 3.09. The summed E-state index contributed by atoms with van der Waals surface area (Å²) in [6.07, 6.45) is 3.61. The minimum Gasteiger partial charge on any atom is -0.313 e. The molecule has 2 rings (SSSR count). The molecule has 1 heterocycles. The van der Waals surface area contributed by atoms with Gasteiger partial charge in [0.1, 0.15) is 0 Å². The van der Waals surface area contributed by atoms with Crippen LogP contribution in [0.1, 0.15) is 56.2 Å². The summed E-state index contributed by atoms with van der Waals surface area (Å²) in [6.45, 7) is 2.18. The molecule has 2 nitrogen and oxygen atoms in total. The molecular formula is C16H23F3N2. The predicted octanol–water partition coefficient (Wildman–Crippen LogP) is 4.58. The fourth-order valence-electron chi connectivity index (χ4n) is 3.49. The molecule has 0 spiro atoms. The molecule has 0 aliphatic heterocycles. The molecule has 5 heteroatoms. The van der Waals surface area contributed by atoms with Gasteiger partial charge >= 0.3 is 6.18 Å².